The molecule has 0 N–H and O–H groups in total. The molecule has 1 aromatic rings. The van der Waals surface area contributed by atoms with Crippen molar-refractivity contribution in [2.24, 2.45) is 0 Å². The summed E-state index contributed by atoms with van der Waals surface area (Å²) in [7, 11) is 0. The molecule has 0 fully saturated rings. The number of rotatable bonds is 1. The summed E-state index contributed by atoms with van der Waals surface area (Å²) >= 11 is 0. The van der Waals surface area contributed by atoms with Gasteiger partial charge in [-0.15, -0.1) is 0 Å². The van der Waals surface area contributed by atoms with Gasteiger partial charge in [-0.1, -0.05) is 0 Å². The number of hydrogen-bond donors (Lipinski definition) is 0. The van der Waals surface area contributed by atoms with E-state index in [0.29, 0.717) is 18.7 Å². The first kappa shape index (κ1) is 7.21. The zero-order valence-corrected chi connectivity index (χ0v) is 6.33. The summed E-state index contributed by atoms with van der Waals surface area (Å²) in [6.45, 7) is 0.844. The van der Waals surface area contributed by atoms with E-state index in [-0.39, 0.29) is 5.82 Å². The van der Waals surface area contributed by atoms with Gasteiger partial charge in [0.2, 0.25) is 6.41 Å². The molecule has 0 radical (unpaired) electrons. The van der Waals surface area contributed by atoms with Gasteiger partial charge < -0.3 is 4.90 Å². The third-order valence-corrected chi connectivity index (χ3v) is 1.98. The minimum absolute atomic E-state index is 0.322. The molecule has 2 rings (SSSR count). The number of hydrogen-bond acceptors (Lipinski definition) is 2. The molecular weight excluding hydrogens is 159 g/mol. The second kappa shape index (κ2) is 2.55. The molecule has 0 aliphatic carbocycles. The van der Waals surface area contributed by atoms with Crippen LogP contribution in [0, 0.1) is 5.82 Å². The molecule has 4 heteroatoms. The summed E-state index contributed by atoms with van der Waals surface area (Å²) in [5, 5.41) is 0. The van der Waals surface area contributed by atoms with E-state index in [0.717, 1.165) is 12.0 Å². The fourth-order valence-electron chi connectivity index (χ4n) is 1.37. The fourth-order valence-corrected chi connectivity index (χ4v) is 1.37. The van der Waals surface area contributed by atoms with Crippen LogP contribution in [0.4, 0.5) is 4.39 Å². The average Bonchev–Trinajstić information content (AvgIpc) is 2.49. The lowest BCUT2D eigenvalue weighted by atomic mass is 10.2. The maximum Gasteiger partial charge on any atom is 0.210 e. The Hall–Kier alpha value is -1.45. The third kappa shape index (κ3) is 0.958. The monoisotopic (exact) mass is 166 g/mol. The molecule has 2 heterocycles. The van der Waals surface area contributed by atoms with E-state index in [1.54, 1.807) is 6.20 Å². The molecule has 3 nitrogen and oxygen atoms in total. The van der Waals surface area contributed by atoms with Crippen LogP contribution >= 0.6 is 0 Å². The highest BCUT2D eigenvalue weighted by molar-refractivity contribution is 5.50. The highest BCUT2D eigenvalue weighted by Gasteiger charge is 2.20. The van der Waals surface area contributed by atoms with E-state index in [4.69, 9.17) is 0 Å². The molecule has 1 amide bonds. The smallest absolute Gasteiger partial charge is 0.210 e. The first-order valence-corrected chi connectivity index (χ1v) is 3.62. The summed E-state index contributed by atoms with van der Waals surface area (Å²) in [6.07, 6.45) is 3.49. The van der Waals surface area contributed by atoms with E-state index in [9.17, 15) is 9.18 Å². The molecular formula is C8H7FN2O. The molecule has 1 aliphatic heterocycles. The second-order valence-electron chi connectivity index (χ2n) is 2.77. The molecule has 0 atom stereocenters. The van der Waals surface area contributed by atoms with Crippen molar-refractivity contribution in [3.8, 4) is 0 Å². The summed E-state index contributed by atoms with van der Waals surface area (Å²) in [5.41, 5.74) is 1.40. The molecule has 1 aromatic heterocycles. The Morgan fingerprint density at radius 1 is 1.50 bits per heavy atom. The number of amides is 1. The fraction of sp³-hybridized carbons (Fsp3) is 0.250. The Bertz CT molecular complexity index is 327. The molecule has 12 heavy (non-hydrogen) atoms. The molecule has 0 aromatic carbocycles. The summed E-state index contributed by atoms with van der Waals surface area (Å²) < 4.78 is 13.0. The van der Waals surface area contributed by atoms with E-state index < -0.39 is 0 Å². The second-order valence-corrected chi connectivity index (χ2v) is 2.77. The standard InChI is InChI=1S/C8H7FN2O/c9-8-2-10-1-6-3-11(5-12)4-7(6)8/h1-2,5H,3-4H2. The van der Waals surface area contributed by atoms with Crippen LogP contribution in [0.2, 0.25) is 0 Å². The lowest BCUT2D eigenvalue weighted by molar-refractivity contribution is -0.118. The van der Waals surface area contributed by atoms with Gasteiger partial charge in [0.15, 0.2) is 0 Å². The number of carbonyl (C=O) groups is 1. The maximum atomic E-state index is 13.0. The Balaban J connectivity index is 2.41. The SMILES string of the molecule is O=CN1Cc2cncc(F)c2C1. The van der Waals surface area contributed by atoms with Gasteiger partial charge in [-0.05, 0) is 5.56 Å². The zero-order valence-electron chi connectivity index (χ0n) is 6.33. The Labute approximate surface area is 68.8 Å². The van der Waals surface area contributed by atoms with Crippen LogP contribution < -0.4 is 0 Å². The summed E-state index contributed by atoms with van der Waals surface area (Å²) in [6, 6.07) is 0. The van der Waals surface area contributed by atoms with E-state index in [2.05, 4.69) is 4.98 Å². The van der Waals surface area contributed by atoms with Gasteiger partial charge in [0.25, 0.3) is 0 Å². The van der Waals surface area contributed by atoms with Gasteiger partial charge in [-0.2, -0.15) is 0 Å². The van der Waals surface area contributed by atoms with Crippen molar-refractivity contribution in [1.29, 1.82) is 0 Å². The highest BCUT2D eigenvalue weighted by Crippen LogP contribution is 2.22. The minimum atomic E-state index is -0.322. The molecule has 0 unspecified atom stereocenters. The van der Waals surface area contributed by atoms with E-state index in [1.807, 2.05) is 0 Å². The Kier molecular flexibility index (Phi) is 1.53. The van der Waals surface area contributed by atoms with Crippen LogP contribution in [0.3, 0.4) is 0 Å². The van der Waals surface area contributed by atoms with Crippen molar-refractivity contribution in [1.82, 2.24) is 9.88 Å². The van der Waals surface area contributed by atoms with Gasteiger partial charge in [0, 0.05) is 24.8 Å². The Morgan fingerprint density at radius 2 is 2.33 bits per heavy atom. The van der Waals surface area contributed by atoms with Gasteiger partial charge in [-0.25, -0.2) is 4.39 Å². The summed E-state index contributed by atoms with van der Waals surface area (Å²) in [4.78, 5) is 15.6. The highest BCUT2D eigenvalue weighted by atomic mass is 19.1. The number of nitrogens with zero attached hydrogens (tertiary/aromatic N) is 2. The largest absolute Gasteiger partial charge is 0.336 e. The van der Waals surface area contributed by atoms with Gasteiger partial charge in [0.1, 0.15) is 5.82 Å². The summed E-state index contributed by atoms with van der Waals surface area (Å²) in [5.74, 6) is -0.322. The van der Waals surface area contributed by atoms with Crippen LogP contribution in [0.1, 0.15) is 11.1 Å². The maximum absolute atomic E-state index is 13.0. The van der Waals surface area contributed by atoms with Crippen LogP contribution in [0.25, 0.3) is 0 Å². The zero-order chi connectivity index (χ0) is 8.55. The van der Waals surface area contributed by atoms with Crippen molar-refractivity contribution < 1.29 is 9.18 Å². The number of pyridine rings is 1. The lowest BCUT2D eigenvalue weighted by Crippen LogP contribution is -2.12. The van der Waals surface area contributed by atoms with Crippen LogP contribution in [-0.4, -0.2) is 16.3 Å². The molecule has 62 valence electrons. The quantitative estimate of drug-likeness (QED) is 0.575. The third-order valence-electron chi connectivity index (χ3n) is 1.98. The molecule has 1 aliphatic rings. The van der Waals surface area contributed by atoms with Crippen molar-refractivity contribution in [2.75, 3.05) is 0 Å². The van der Waals surface area contributed by atoms with Crippen LogP contribution in [0.5, 0.6) is 0 Å². The number of aromatic nitrogens is 1. The van der Waals surface area contributed by atoms with E-state index in [1.165, 1.54) is 11.1 Å². The first-order valence-electron chi connectivity index (χ1n) is 3.62. The average molecular weight is 166 g/mol. The lowest BCUT2D eigenvalue weighted by Gasteiger charge is -2.04. The van der Waals surface area contributed by atoms with Crippen molar-refractivity contribution in [2.45, 2.75) is 13.1 Å². The van der Waals surface area contributed by atoms with Gasteiger partial charge in [0.05, 0.1) is 6.20 Å². The molecule has 0 saturated carbocycles. The number of fused-ring (bicyclic) bond motifs is 1. The predicted molar refractivity (Wildman–Crippen MR) is 39.5 cm³/mol. The van der Waals surface area contributed by atoms with Crippen LogP contribution in [-0.2, 0) is 17.9 Å². The van der Waals surface area contributed by atoms with Gasteiger partial charge in [-0.3, -0.25) is 9.78 Å². The van der Waals surface area contributed by atoms with Crippen LogP contribution in [0.15, 0.2) is 12.4 Å². The Morgan fingerprint density at radius 3 is 3.00 bits per heavy atom. The van der Waals surface area contributed by atoms with Crippen molar-refractivity contribution >= 4 is 6.41 Å². The van der Waals surface area contributed by atoms with Gasteiger partial charge >= 0.3 is 0 Å². The van der Waals surface area contributed by atoms with E-state index >= 15 is 0 Å². The molecule has 0 bridgehead atoms. The number of carbonyl (C=O) groups excluding carboxylic acids is 1. The predicted octanol–water partition coefficient (Wildman–Crippen LogP) is 0.693. The van der Waals surface area contributed by atoms with Crippen molar-refractivity contribution in [3.05, 3.63) is 29.3 Å². The molecule has 0 saturated heterocycles. The van der Waals surface area contributed by atoms with Crippen molar-refractivity contribution in [3.63, 3.8) is 0 Å². The first-order chi connectivity index (χ1) is 5.81. The number of halogens is 1. The molecule has 0 spiro atoms. The normalized spacial score (nSPS) is 14.6. The topological polar surface area (TPSA) is 33.2 Å². The minimum Gasteiger partial charge on any atom is -0.336 e.